The fourth-order valence-electron chi connectivity index (χ4n) is 3.57. The van der Waals surface area contributed by atoms with Crippen LogP contribution in [0.1, 0.15) is 0 Å². The topological polar surface area (TPSA) is 43.4 Å². The van der Waals surface area contributed by atoms with E-state index in [1.807, 2.05) is 72.8 Å². The second-order valence-corrected chi connectivity index (χ2v) is 12.1. The molecule has 0 unspecified atom stereocenters. The van der Waals surface area contributed by atoms with Crippen LogP contribution < -0.4 is 4.74 Å². The number of hydrogen-bond acceptors (Lipinski definition) is 3. The van der Waals surface area contributed by atoms with E-state index in [2.05, 4.69) is 22.6 Å². The highest BCUT2D eigenvalue weighted by Crippen LogP contribution is 2.59. The molecule has 0 saturated heterocycles. The first-order valence-corrected chi connectivity index (χ1v) is 13.2. The van der Waals surface area contributed by atoms with E-state index in [0.717, 1.165) is 29.8 Å². The Labute approximate surface area is 192 Å². The molecule has 5 rings (SSSR count). The van der Waals surface area contributed by atoms with Crippen LogP contribution >= 0.6 is 33.5 Å². The fourth-order valence-corrected chi connectivity index (χ4v) is 8.96. The number of rotatable bonds is 3. The summed E-state index contributed by atoms with van der Waals surface area (Å²) in [5.74, 6) is 1.54. The van der Waals surface area contributed by atoms with Crippen molar-refractivity contribution < 1.29 is 13.2 Å². The monoisotopic (exact) mass is 544 g/mol. The molecule has 0 atom stereocenters. The van der Waals surface area contributed by atoms with Crippen LogP contribution in [0.15, 0.2) is 122 Å². The Bertz CT molecular complexity index is 1280. The summed E-state index contributed by atoms with van der Waals surface area (Å²) in [7, 11) is -4.47. The molecule has 0 radical (unpaired) electrons. The maximum Gasteiger partial charge on any atom is 0.208 e. The van der Waals surface area contributed by atoms with Crippen molar-refractivity contribution in [1.82, 2.24) is 0 Å². The summed E-state index contributed by atoms with van der Waals surface area (Å²) >= 11 is 2.26. The lowest BCUT2D eigenvalue weighted by molar-refractivity contribution is 0.482. The molecule has 0 spiro atoms. The van der Waals surface area contributed by atoms with E-state index in [-0.39, 0.29) is 0 Å². The third-order valence-electron chi connectivity index (χ3n) is 4.94. The Hall–Kier alpha value is -2.29. The van der Waals surface area contributed by atoms with E-state index >= 15 is 0 Å². The average molecular weight is 544 g/mol. The lowest BCUT2D eigenvalue weighted by Crippen LogP contribution is -2.12. The first-order valence-electron chi connectivity index (χ1n) is 9.31. The maximum atomic E-state index is 13.1. The minimum atomic E-state index is -3.50. The summed E-state index contributed by atoms with van der Waals surface area (Å²) in [6.07, 6.45) is 0. The molecule has 30 heavy (non-hydrogen) atoms. The van der Waals surface area contributed by atoms with Crippen molar-refractivity contribution in [3.8, 4) is 11.5 Å². The molecular formula is C24H17IO3S2. The fraction of sp³-hybridized carbons (Fsp3) is 0. The molecule has 3 nitrogen and oxygen atoms in total. The van der Waals surface area contributed by atoms with E-state index in [1.54, 1.807) is 24.3 Å². The second-order valence-electron chi connectivity index (χ2n) is 6.82. The van der Waals surface area contributed by atoms with Crippen molar-refractivity contribution in [2.75, 3.05) is 0 Å². The zero-order chi connectivity index (χ0) is 20.7. The molecule has 0 aromatic heterocycles. The van der Waals surface area contributed by atoms with Crippen LogP contribution in [0.3, 0.4) is 0 Å². The number of sulfone groups is 1. The van der Waals surface area contributed by atoms with Gasteiger partial charge in [0.25, 0.3) is 0 Å². The quantitative estimate of drug-likeness (QED) is 0.203. The van der Waals surface area contributed by atoms with Crippen molar-refractivity contribution in [1.29, 1.82) is 0 Å². The number of hydrogen-bond donors (Lipinski definition) is 1. The predicted octanol–water partition coefficient (Wildman–Crippen LogP) is 6.71. The van der Waals surface area contributed by atoms with Gasteiger partial charge >= 0.3 is 0 Å². The van der Waals surface area contributed by atoms with Crippen molar-refractivity contribution >= 4 is 43.3 Å². The van der Waals surface area contributed by atoms with Gasteiger partial charge < -0.3 is 4.74 Å². The highest BCUT2D eigenvalue weighted by molar-refractivity contribution is 14.1. The molecule has 1 aliphatic heterocycles. The summed E-state index contributed by atoms with van der Waals surface area (Å²) in [6, 6.07) is 30.6. The van der Waals surface area contributed by atoms with E-state index in [1.165, 1.54) is 0 Å². The van der Waals surface area contributed by atoms with Gasteiger partial charge in [-0.25, -0.2) is 8.42 Å². The third-order valence-corrected chi connectivity index (χ3v) is 10.4. The van der Waals surface area contributed by atoms with E-state index < -0.39 is 20.7 Å². The SMILES string of the molecule is O=S1(=O)c2ccccc2[SH](c2ccc(Oc3ccc(I)cc3)cc2)c2ccccc21. The zero-order valence-corrected chi connectivity index (χ0v) is 19.6. The van der Waals surface area contributed by atoms with Crippen LogP contribution in [0.5, 0.6) is 11.5 Å². The summed E-state index contributed by atoms with van der Waals surface area (Å²) < 4.78 is 33.4. The second kappa shape index (κ2) is 7.76. The molecule has 0 saturated carbocycles. The van der Waals surface area contributed by atoms with E-state index in [0.29, 0.717) is 9.79 Å². The highest BCUT2D eigenvalue weighted by atomic mass is 127. The van der Waals surface area contributed by atoms with Crippen molar-refractivity contribution in [2.24, 2.45) is 0 Å². The first-order chi connectivity index (χ1) is 14.5. The number of fused-ring (bicyclic) bond motifs is 2. The third kappa shape index (κ3) is 3.42. The lowest BCUT2D eigenvalue weighted by Gasteiger charge is -2.31. The molecule has 1 heterocycles. The van der Waals surface area contributed by atoms with Gasteiger partial charge in [0.05, 0.1) is 9.79 Å². The molecule has 0 aliphatic carbocycles. The summed E-state index contributed by atoms with van der Waals surface area (Å²) in [6.45, 7) is 0. The molecule has 0 fully saturated rings. The normalized spacial score (nSPS) is 15.2. The van der Waals surface area contributed by atoms with Crippen molar-refractivity contribution in [2.45, 2.75) is 24.5 Å². The van der Waals surface area contributed by atoms with Crippen LogP contribution in [0.4, 0.5) is 0 Å². The Kier molecular flexibility index (Phi) is 5.08. The Balaban J connectivity index is 1.57. The average Bonchev–Trinajstić information content (AvgIpc) is 2.77. The molecule has 150 valence electrons. The van der Waals surface area contributed by atoms with Gasteiger partial charge in [0.15, 0.2) is 0 Å². The van der Waals surface area contributed by atoms with E-state index in [9.17, 15) is 8.42 Å². The molecule has 4 aromatic rings. The van der Waals surface area contributed by atoms with Gasteiger partial charge in [-0.15, -0.1) is 0 Å². The van der Waals surface area contributed by atoms with Gasteiger partial charge in [0.1, 0.15) is 11.5 Å². The van der Waals surface area contributed by atoms with Crippen LogP contribution in [-0.2, 0) is 9.84 Å². The van der Waals surface area contributed by atoms with Gasteiger partial charge in [0, 0.05) is 13.4 Å². The number of thiol groups is 1. The van der Waals surface area contributed by atoms with Gasteiger partial charge in [-0.3, -0.25) is 0 Å². The minimum absolute atomic E-state index is 0.411. The van der Waals surface area contributed by atoms with Crippen LogP contribution in [-0.4, -0.2) is 8.42 Å². The molecule has 0 bridgehead atoms. The van der Waals surface area contributed by atoms with Gasteiger partial charge in [-0.05, 0) is 100 Å². The van der Waals surface area contributed by atoms with Crippen LogP contribution in [0.2, 0.25) is 0 Å². The molecule has 6 heteroatoms. The standard InChI is InChI=1S/C24H17IO3S2/c25-17-9-11-18(12-10-17)28-19-13-15-20(16-14-19)29-21-5-1-3-7-23(21)30(26,27)24-8-4-2-6-22(24)29/h1-16,29H. The van der Waals surface area contributed by atoms with Crippen LogP contribution in [0.25, 0.3) is 0 Å². The van der Waals surface area contributed by atoms with Gasteiger partial charge in [0.2, 0.25) is 9.84 Å². The van der Waals surface area contributed by atoms with Gasteiger partial charge in [-0.2, -0.15) is 10.9 Å². The largest absolute Gasteiger partial charge is 0.457 e. The molecular weight excluding hydrogens is 527 g/mol. The number of ether oxygens (including phenoxy) is 1. The summed E-state index contributed by atoms with van der Waals surface area (Å²) in [5, 5.41) is 0. The molecule has 0 N–H and O–H groups in total. The highest BCUT2D eigenvalue weighted by Gasteiger charge is 2.34. The first kappa shape index (κ1) is 19.7. The molecule has 0 amide bonds. The maximum absolute atomic E-state index is 13.1. The number of halogens is 1. The minimum Gasteiger partial charge on any atom is -0.457 e. The van der Waals surface area contributed by atoms with Crippen LogP contribution in [0, 0.1) is 3.57 Å². The van der Waals surface area contributed by atoms with E-state index in [4.69, 9.17) is 4.74 Å². The summed E-state index contributed by atoms with van der Waals surface area (Å²) in [5.41, 5.74) is 0. The Morgan fingerprint density at radius 1 is 0.633 bits per heavy atom. The Morgan fingerprint density at radius 3 is 1.63 bits per heavy atom. The van der Waals surface area contributed by atoms with Crippen molar-refractivity contribution in [3.63, 3.8) is 0 Å². The molecule has 4 aromatic carbocycles. The van der Waals surface area contributed by atoms with Crippen molar-refractivity contribution in [3.05, 3.63) is 101 Å². The Morgan fingerprint density at radius 2 is 1.10 bits per heavy atom. The lowest BCUT2D eigenvalue weighted by atomic mass is 10.3. The summed E-state index contributed by atoms with van der Waals surface area (Å²) in [4.78, 5) is 3.66. The zero-order valence-electron chi connectivity index (χ0n) is 15.7. The smallest absolute Gasteiger partial charge is 0.208 e. The predicted molar refractivity (Wildman–Crippen MR) is 128 cm³/mol. The number of benzene rings is 4. The van der Waals surface area contributed by atoms with Gasteiger partial charge in [-0.1, -0.05) is 24.3 Å². The molecule has 1 aliphatic rings.